The van der Waals surface area contributed by atoms with Gasteiger partial charge in [0.1, 0.15) is 0 Å². The summed E-state index contributed by atoms with van der Waals surface area (Å²) in [4.78, 5) is 35.3. The molecule has 9 nitrogen and oxygen atoms in total. The maximum atomic E-state index is 12.3. The first-order chi connectivity index (χ1) is 15.0. The van der Waals surface area contributed by atoms with Crippen molar-refractivity contribution < 1.29 is 24.0 Å². The molecular formula is C21H17N3O6S. The third-order valence-electron chi connectivity index (χ3n) is 4.02. The van der Waals surface area contributed by atoms with E-state index in [0.29, 0.717) is 5.56 Å². The number of carbonyl (C=O) groups is 2. The third-order valence-corrected chi connectivity index (χ3v) is 4.90. The van der Waals surface area contributed by atoms with Crippen LogP contribution in [0.15, 0.2) is 65.1 Å². The quantitative estimate of drug-likeness (QED) is 0.188. The lowest BCUT2D eigenvalue weighted by molar-refractivity contribution is -0.384. The summed E-state index contributed by atoms with van der Waals surface area (Å²) in [6, 6.07) is 13.6. The average molecular weight is 439 g/mol. The molecule has 0 aliphatic rings. The minimum absolute atomic E-state index is 0.125. The Hall–Kier alpha value is -4.05. The number of rotatable bonds is 8. The van der Waals surface area contributed by atoms with Gasteiger partial charge in [-0.2, -0.15) is 5.10 Å². The van der Waals surface area contributed by atoms with Crippen LogP contribution in [0.25, 0.3) is 0 Å². The lowest BCUT2D eigenvalue weighted by Crippen LogP contribution is -2.19. The molecule has 0 radical (unpaired) electrons. The molecular weight excluding hydrogens is 422 g/mol. The van der Waals surface area contributed by atoms with E-state index >= 15 is 0 Å². The summed E-state index contributed by atoms with van der Waals surface area (Å²) < 4.78 is 10.6. The highest BCUT2D eigenvalue weighted by Gasteiger charge is 2.14. The van der Waals surface area contributed by atoms with Crippen molar-refractivity contribution in [3.05, 3.63) is 86.1 Å². The summed E-state index contributed by atoms with van der Waals surface area (Å²) in [5, 5.41) is 16.5. The Bertz CT molecular complexity index is 1110. The van der Waals surface area contributed by atoms with Crippen LogP contribution in [-0.2, 0) is 11.2 Å². The number of hydrogen-bond acceptors (Lipinski definition) is 8. The summed E-state index contributed by atoms with van der Waals surface area (Å²) in [5.41, 5.74) is 3.10. The van der Waals surface area contributed by atoms with E-state index in [-0.39, 0.29) is 35.1 Å². The Labute approximate surface area is 181 Å². The second-order valence-electron chi connectivity index (χ2n) is 6.15. The van der Waals surface area contributed by atoms with E-state index in [1.54, 1.807) is 12.1 Å². The van der Waals surface area contributed by atoms with E-state index in [1.807, 2.05) is 17.5 Å². The monoisotopic (exact) mass is 439 g/mol. The molecule has 0 unspecified atom stereocenters. The van der Waals surface area contributed by atoms with E-state index in [4.69, 9.17) is 9.47 Å². The Balaban J connectivity index is 1.63. The topological polar surface area (TPSA) is 120 Å². The van der Waals surface area contributed by atoms with Gasteiger partial charge in [-0.15, -0.1) is 11.3 Å². The van der Waals surface area contributed by atoms with Crippen molar-refractivity contribution >= 4 is 35.1 Å². The van der Waals surface area contributed by atoms with Crippen LogP contribution >= 0.6 is 11.3 Å². The lowest BCUT2D eigenvalue weighted by Gasteiger charge is -2.10. The Morgan fingerprint density at radius 1 is 1.16 bits per heavy atom. The van der Waals surface area contributed by atoms with Crippen molar-refractivity contribution in [3.8, 4) is 11.5 Å². The molecule has 3 aromatic rings. The minimum Gasteiger partial charge on any atom is -0.493 e. The second kappa shape index (κ2) is 10.1. The van der Waals surface area contributed by atoms with Crippen LogP contribution in [0.1, 0.15) is 20.8 Å². The van der Waals surface area contributed by atoms with Crippen LogP contribution in [0.4, 0.5) is 5.69 Å². The number of amides is 1. The maximum Gasteiger partial charge on any atom is 0.343 e. The first-order valence-corrected chi connectivity index (χ1v) is 9.83. The van der Waals surface area contributed by atoms with Gasteiger partial charge in [0, 0.05) is 17.0 Å². The number of benzene rings is 2. The molecule has 0 aliphatic carbocycles. The molecule has 3 rings (SSSR count). The second-order valence-corrected chi connectivity index (χ2v) is 7.19. The van der Waals surface area contributed by atoms with Crippen molar-refractivity contribution in [2.24, 2.45) is 5.10 Å². The molecule has 1 aromatic heterocycles. The van der Waals surface area contributed by atoms with Crippen molar-refractivity contribution in [3.63, 3.8) is 0 Å². The number of nitrogens with one attached hydrogen (secondary N) is 1. The van der Waals surface area contributed by atoms with Crippen molar-refractivity contribution in [2.45, 2.75) is 6.42 Å². The number of nitrogens with zero attached hydrogens (tertiary/aromatic N) is 2. The first kappa shape index (κ1) is 21.7. The molecule has 0 spiro atoms. The summed E-state index contributed by atoms with van der Waals surface area (Å²) in [7, 11) is 1.42. The number of nitro groups is 1. The summed E-state index contributed by atoms with van der Waals surface area (Å²) in [6.45, 7) is 0. The van der Waals surface area contributed by atoms with E-state index in [1.165, 1.54) is 55.0 Å². The number of non-ortho nitro benzene ring substituents is 1. The molecule has 0 bridgehead atoms. The molecule has 1 amide bonds. The number of methoxy groups -OCH3 is 1. The van der Waals surface area contributed by atoms with Gasteiger partial charge in [-0.25, -0.2) is 10.2 Å². The minimum atomic E-state index is -0.685. The van der Waals surface area contributed by atoms with Crippen LogP contribution < -0.4 is 14.9 Å². The Morgan fingerprint density at radius 2 is 1.94 bits per heavy atom. The summed E-state index contributed by atoms with van der Waals surface area (Å²) >= 11 is 1.49. The predicted molar refractivity (Wildman–Crippen MR) is 115 cm³/mol. The number of carbonyl (C=O) groups excluding carboxylic acids is 2. The Morgan fingerprint density at radius 3 is 2.58 bits per heavy atom. The van der Waals surface area contributed by atoms with Gasteiger partial charge in [-0.1, -0.05) is 6.07 Å². The molecule has 0 saturated carbocycles. The fraction of sp³-hybridized carbons (Fsp3) is 0.0952. The molecule has 10 heteroatoms. The third kappa shape index (κ3) is 5.97. The van der Waals surface area contributed by atoms with Gasteiger partial charge in [0.25, 0.3) is 5.69 Å². The van der Waals surface area contributed by atoms with Gasteiger partial charge in [-0.3, -0.25) is 14.9 Å². The SMILES string of the molecule is COc1cc(C=NNC(=O)Cc2cccs2)ccc1OC(=O)c1ccc([N+](=O)[O-])cc1. The maximum absolute atomic E-state index is 12.3. The smallest absolute Gasteiger partial charge is 0.343 e. The molecule has 0 fully saturated rings. The number of thiophene rings is 1. The molecule has 158 valence electrons. The van der Waals surface area contributed by atoms with Gasteiger partial charge >= 0.3 is 5.97 Å². The average Bonchev–Trinajstić information content (AvgIpc) is 3.27. The van der Waals surface area contributed by atoms with Gasteiger partial charge in [0.15, 0.2) is 11.5 Å². The number of nitro benzene ring substituents is 1. The number of ether oxygens (including phenoxy) is 2. The number of hydrogen-bond donors (Lipinski definition) is 1. The zero-order valence-electron chi connectivity index (χ0n) is 16.3. The number of esters is 1. The molecule has 1 heterocycles. The van der Waals surface area contributed by atoms with Gasteiger partial charge in [-0.05, 0) is 47.3 Å². The molecule has 0 aliphatic heterocycles. The first-order valence-electron chi connectivity index (χ1n) is 8.95. The molecule has 0 saturated heterocycles. The number of hydrazone groups is 1. The largest absolute Gasteiger partial charge is 0.493 e. The van der Waals surface area contributed by atoms with E-state index in [0.717, 1.165) is 4.88 Å². The summed E-state index contributed by atoms with van der Waals surface area (Å²) in [6.07, 6.45) is 1.69. The van der Waals surface area contributed by atoms with E-state index in [2.05, 4.69) is 10.5 Å². The van der Waals surface area contributed by atoms with Crippen LogP contribution in [0.3, 0.4) is 0 Å². The summed E-state index contributed by atoms with van der Waals surface area (Å²) in [5.74, 6) is -0.469. The van der Waals surface area contributed by atoms with Crippen LogP contribution in [0, 0.1) is 10.1 Å². The fourth-order valence-electron chi connectivity index (χ4n) is 2.52. The molecule has 2 aromatic carbocycles. The van der Waals surface area contributed by atoms with Crippen molar-refractivity contribution in [2.75, 3.05) is 7.11 Å². The zero-order chi connectivity index (χ0) is 22.2. The highest BCUT2D eigenvalue weighted by Crippen LogP contribution is 2.28. The lowest BCUT2D eigenvalue weighted by atomic mass is 10.2. The predicted octanol–water partition coefficient (Wildman–Crippen LogP) is 3.58. The van der Waals surface area contributed by atoms with Crippen LogP contribution in [-0.4, -0.2) is 30.1 Å². The molecule has 0 atom stereocenters. The standard InChI is InChI=1S/C21H17N3O6S/c1-29-19-11-14(13-22-23-20(25)12-17-3-2-10-31-17)4-9-18(19)30-21(26)15-5-7-16(8-6-15)24(27)28/h2-11,13H,12H2,1H3,(H,23,25). The zero-order valence-corrected chi connectivity index (χ0v) is 17.1. The normalized spacial score (nSPS) is 10.6. The van der Waals surface area contributed by atoms with Crippen molar-refractivity contribution in [1.29, 1.82) is 0 Å². The molecule has 1 N–H and O–H groups in total. The highest BCUT2D eigenvalue weighted by atomic mass is 32.1. The fourth-order valence-corrected chi connectivity index (χ4v) is 3.22. The van der Waals surface area contributed by atoms with Crippen LogP contribution in [0.2, 0.25) is 0 Å². The van der Waals surface area contributed by atoms with Crippen molar-refractivity contribution in [1.82, 2.24) is 5.43 Å². The van der Waals surface area contributed by atoms with Gasteiger partial charge in [0.05, 0.1) is 30.2 Å². The highest BCUT2D eigenvalue weighted by molar-refractivity contribution is 7.10. The van der Waals surface area contributed by atoms with E-state index < -0.39 is 10.9 Å². The van der Waals surface area contributed by atoms with Crippen LogP contribution in [0.5, 0.6) is 11.5 Å². The van der Waals surface area contributed by atoms with Gasteiger partial charge in [0.2, 0.25) is 5.91 Å². The van der Waals surface area contributed by atoms with Gasteiger partial charge < -0.3 is 9.47 Å². The van der Waals surface area contributed by atoms with E-state index in [9.17, 15) is 19.7 Å². The Kier molecular flexibility index (Phi) is 7.07. The molecule has 31 heavy (non-hydrogen) atoms.